The number of rotatable bonds is 2. The van der Waals surface area contributed by atoms with E-state index in [4.69, 9.17) is 4.74 Å². The third-order valence-electron chi connectivity index (χ3n) is 3.83. The molecule has 4 rings (SSSR count). The Bertz CT molecular complexity index is 905. The maximum atomic E-state index is 12.9. The molecule has 0 atom stereocenters. The zero-order valence-corrected chi connectivity index (χ0v) is 13.1. The van der Waals surface area contributed by atoms with Crippen molar-refractivity contribution in [3.63, 3.8) is 0 Å². The van der Waals surface area contributed by atoms with E-state index in [0.717, 1.165) is 11.3 Å². The van der Waals surface area contributed by atoms with Crippen LogP contribution in [0.3, 0.4) is 0 Å². The van der Waals surface area contributed by atoms with Crippen LogP contribution in [0, 0.1) is 0 Å². The second-order valence-electron chi connectivity index (χ2n) is 5.47. The Kier molecular flexibility index (Phi) is 3.45. The Morgan fingerprint density at radius 2 is 2.08 bits per heavy atom. The molecule has 1 amide bonds. The van der Waals surface area contributed by atoms with E-state index >= 15 is 0 Å². The monoisotopic (exact) mass is 321 g/mol. The van der Waals surface area contributed by atoms with Gasteiger partial charge in [-0.05, 0) is 12.1 Å². The molecule has 0 unspecified atom stereocenters. The molecule has 0 fully saturated rings. The van der Waals surface area contributed by atoms with Gasteiger partial charge in [-0.25, -0.2) is 4.98 Å². The SMILES string of the molecule is Cn1cc(-c2cncc(C(=O)N3CCOc4ccccc43)n2)cn1. The Labute approximate surface area is 138 Å². The topological polar surface area (TPSA) is 73.1 Å². The van der Waals surface area contributed by atoms with Gasteiger partial charge < -0.3 is 9.64 Å². The van der Waals surface area contributed by atoms with Gasteiger partial charge in [0.1, 0.15) is 18.1 Å². The molecule has 7 heteroatoms. The second-order valence-corrected chi connectivity index (χ2v) is 5.47. The van der Waals surface area contributed by atoms with Crippen molar-refractivity contribution in [2.45, 2.75) is 0 Å². The lowest BCUT2D eigenvalue weighted by Crippen LogP contribution is -2.38. The van der Waals surface area contributed by atoms with Crippen LogP contribution in [-0.2, 0) is 7.05 Å². The molecule has 7 nitrogen and oxygen atoms in total. The fraction of sp³-hybridized carbons (Fsp3) is 0.176. The van der Waals surface area contributed by atoms with Gasteiger partial charge in [0.2, 0.25) is 0 Å². The summed E-state index contributed by atoms with van der Waals surface area (Å²) >= 11 is 0. The first-order valence-corrected chi connectivity index (χ1v) is 7.57. The van der Waals surface area contributed by atoms with Gasteiger partial charge in [0.05, 0.1) is 36.5 Å². The summed E-state index contributed by atoms with van der Waals surface area (Å²) in [7, 11) is 1.83. The molecule has 24 heavy (non-hydrogen) atoms. The third-order valence-corrected chi connectivity index (χ3v) is 3.83. The van der Waals surface area contributed by atoms with Crippen molar-refractivity contribution in [2.75, 3.05) is 18.1 Å². The van der Waals surface area contributed by atoms with Crippen molar-refractivity contribution >= 4 is 11.6 Å². The van der Waals surface area contributed by atoms with Crippen LogP contribution < -0.4 is 9.64 Å². The van der Waals surface area contributed by atoms with Gasteiger partial charge in [0.15, 0.2) is 0 Å². The molecule has 0 aliphatic carbocycles. The van der Waals surface area contributed by atoms with Crippen LogP contribution >= 0.6 is 0 Å². The Balaban J connectivity index is 1.69. The molecule has 3 aromatic rings. The summed E-state index contributed by atoms with van der Waals surface area (Å²) in [4.78, 5) is 23.2. The van der Waals surface area contributed by atoms with Crippen LogP contribution in [-0.4, -0.2) is 38.8 Å². The number of fused-ring (bicyclic) bond motifs is 1. The van der Waals surface area contributed by atoms with Gasteiger partial charge >= 0.3 is 0 Å². The molecule has 0 saturated carbocycles. The molecule has 1 aliphatic heterocycles. The number of para-hydroxylation sites is 2. The number of hydrogen-bond acceptors (Lipinski definition) is 5. The number of carbonyl (C=O) groups is 1. The first-order valence-electron chi connectivity index (χ1n) is 7.57. The number of anilines is 1. The lowest BCUT2D eigenvalue weighted by Gasteiger charge is -2.29. The summed E-state index contributed by atoms with van der Waals surface area (Å²) in [6.07, 6.45) is 6.64. The van der Waals surface area contributed by atoms with E-state index in [0.29, 0.717) is 30.3 Å². The van der Waals surface area contributed by atoms with Crippen molar-refractivity contribution in [3.05, 3.63) is 54.7 Å². The maximum absolute atomic E-state index is 12.9. The van der Waals surface area contributed by atoms with Crippen LogP contribution in [0.15, 0.2) is 49.1 Å². The van der Waals surface area contributed by atoms with E-state index in [9.17, 15) is 4.79 Å². The zero-order valence-electron chi connectivity index (χ0n) is 13.1. The number of aryl methyl sites for hydroxylation is 1. The zero-order chi connectivity index (χ0) is 16.5. The van der Waals surface area contributed by atoms with Crippen LogP contribution in [0.4, 0.5) is 5.69 Å². The van der Waals surface area contributed by atoms with Crippen LogP contribution in [0.1, 0.15) is 10.5 Å². The summed E-state index contributed by atoms with van der Waals surface area (Å²) in [6, 6.07) is 7.48. The van der Waals surface area contributed by atoms with Gasteiger partial charge in [-0.15, -0.1) is 0 Å². The summed E-state index contributed by atoms with van der Waals surface area (Å²) in [6.45, 7) is 0.938. The quantitative estimate of drug-likeness (QED) is 0.721. The highest BCUT2D eigenvalue weighted by Gasteiger charge is 2.25. The highest BCUT2D eigenvalue weighted by molar-refractivity contribution is 6.05. The Morgan fingerprint density at radius 3 is 2.92 bits per heavy atom. The van der Waals surface area contributed by atoms with E-state index in [1.807, 2.05) is 37.5 Å². The van der Waals surface area contributed by atoms with E-state index in [2.05, 4.69) is 15.1 Å². The van der Waals surface area contributed by atoms with Crippen LogP contribution in [0.5, 0.6) is 5.75 Å². The number of hydrogen-bond donors (Lipinski definition) is 0. The highest BCUT2D eigenvalue weighted by Crippen LogP contribution is 2.31. The molecule has 0 radical (unpaired) electrons. The van der Waals surface area contributed by atoms with Crippen molar-refractivity contribution in [1.82, 2.24) is 19.7 Å². The molecule has 1 aromatic carbocycles. The number of nitrogens with zero attached hydrogens (tertiary/aromatic N) is 5. The third kappa shape index (κ3) is 2.50. The van der Waals surface area contributed by atoms with Gasteiger partial charge in [-0.2, -0.15) is 5.10 Å². The van der Waals surface area contributed by atoms with E-state index < -0.39 is 0 Å². The smallest absolute Gasteiger partial charge is 0.278 e. The minimum Gasteiger partial charge on any atom is -0.490 e. The molecule has 0 saturated heterocycles. The number of amides is 1. The van der Waals surface area contributed by atoms with E-state index in [1.54, 1.807) is 22.0 Å². The van der Waals surface area contributed by atoms with Crippen LogP contribution in [0.2, 0.25) is 0 Å². The lowest BCUT2D eigenvalue weighted by molar-refractivity contribution is 0.0971. The number of carbonyl (C=O) groups excluding carboxylic acids is 1. The largest absolute Gasteiger partial charge is 0.490 e. The standard InChI is InChI=1S/C17H15N5O2/c1-21-11-12(8-19-21)13-9-18-10-14(20-13)17(23)22-6-7-24-16-5-3-2-4-15(16)22/h2-5,8-11H,6-7H2,1H3. The fourth-order valence-electron chi connectivity index (χ4n) is 2.68. The maximum Gasteiger partial charge on any atom is 0.278 e. The minimum absolute atomic E-state index is 0.191. The summed E-state index contributed by atoms with van der Waals surface area (Å²) in [5, 5.41) is 4.12. The van der Waals surface area contributed by atoms with Crippen LogP contribution in [0.25, 0.3) is 11.3 Å². The molecule has 0 bridgehead atoms. The number of ether oxygens (including phenoxy) is 1. The van der Waals surface area contributed by atoms with Gasteiger partial charge in [-0.3, -0.25) is 14.5 Å². The molecule has 0 N–H and O–H groups in total. The lowest BCUT2D eigenvalue weighted by atomic mass is 10.2. The molecular weight excluding hydrogens is 306 g/mol. The normalized spacial score (nSPS) is 13.3. The van der Waals surface area contributed by atoms with Gasteiger partial charge in [0, 0.05) is 18.8 Å². The highest BCUT2D eigenvalue weighted by atomic mass is 16.5. The van der Waals surface area contributed by atoms with Crippen molar-refractivity contribution in [1.29, 1.82) is 0 Å². The molecule has 3 heterocycles. The van der Waals surface area contributed by atoms with Gasteiger partial charge in [0.25, 0.3) is 5.91 Å². The molecule has 1 aliphatic rings. The average Bonchev–Trinajstić information content (AvgIpc) is 3.07. The van der Waals surface area contributed by atoms with E-state index in [-0.39, 0.29) is 5.91 Å². The minimum atomic E-state index is -0.191. The van der Waals surface area contributed by atoms with Gasteiger partial charge in [-0.1, -0.05) is 12.1 Å². The molecule has 120 valence electrons. The predicted octanol–water partition coefficient (Wildman–Crippen LogP) is 1.92. The van der Waals surface area contributed by atoms with Crippen molar-refractivity contribution in [3.8, 4) is 17.0 Å². The van der Waals surface area contributed by atoms with E-state index in [1.165, 1.54) is 6.20 Å². The first-order chi connectivity index (χ1) is 11.7. The molecular formula is C17H15N5O2. The van der Waals surface area contributed by atoms with Crippen molar-refractivity contribution in [2.24, 2.45) is 7.05 Å². The molecule has 0 spiro atoms. The van der Waals surface area contributed by atoms with Crippen molar-refractivity contribution < 1.29 is 9.53 Å². The fourth-order valence-corrected chi connectivity index (χ4v) is 2.68. The Hall–Kier alpha value is -3.22. The number of benzene rings is 1. The predicted molar refractivity (Wildman–Crippen MR) is 87.8 cm³/mol. The second kappa shape index (κ2) is 5.77. The number of aromatic nitrogens is 4. The summed E-state index contributed by atoms with van der Waals surface area (Å²) in [5.74, 6) is 0.512. The molecule has 2 aromatic heterocycles. The first kappa shape index (κ1) is 14.4. The summed E-state index contributed by atoms with van der Waals surface area (Å²) in [5.41, 5.74) is 2.49. The Morgan fingerprint density at radius 1 is 1.21 bits per heavy atom. The average molecular weight is 321 g/mol. The summed E-state index contributed by atoms with van der Waals surface area (Å²) < 4.78 is 7.28.